The maximum Gasteiger partial charge on any atom is 0.252 e. The number of carbonyl (C=O) groups excluding carboxylic acids is 2. The number of aromatic hydroxyl groups is 6. The highest BCUT2D eigenvalue weighted by Crippen LogP contribution is 2.54. The van der Waals surface area contributed by atoms with Gasteiger partial charge in [-0.1, -0.05) is 161 Å². The number of hydrogen-bond donors (Lipinski definition) is 8. The lowest BCUT2D eigenvalue weighted by Gasteiger charge is -2.23. The molecule has 0 unspecified atom stereocenters. The zero-order valence-corrected chi connectivity index (χ0v) is 39.6. The molecule has 0 bridgehead atoms. The minimum atomic E-state index is -0.743. The molecule has 0 aliphatic rings. The third-order valence-electron chi connectivity index (χ3n) is 12.8. The number of aryl methyl sites for hydroxylation is 2. The van der Waals surface area contributed by atoms with Crippen LogP contribution >= 0.6 is 0 Å². The average molecular weight is 935 g/mol. The molecule has 12 heteroatoms. The molecule has 0 saturated heterocycles. The number of hydrazone groups is 2. The number of rotatable bonds is 13. The van der Waals surface area contributed by atoms with Crippen molar-refractivity contribution >= 4 is 45.8 Å². The Morgan fingerprint density at radius 2 is 0.729 bits per heavy atom. The van der Waals surface area contributed by atoms with Gasteiger partial charge in [-0.3, -0.25) is 9.59 Å². The molecule has 0 spiro atoms. The molecule has 12 nitrogen and oxygen atoms in total. The van der Waals surface area contributed by atoms with Gasteiger partial charge in [0.1, 0.15) is 11.5 Å². The molecule has 0 aliphatic heterocycles. The fraction of sp³-hybridized carbons (Fsp3) is 0.172. The summed E-state index contributed by atoms with van der Waals surface area (Å²) in [6, 6.07) is 40.3. The number of phenolic OH excluding ortho intramolecular Hbond substituents is 6. The van der Waals surface area contributed by atoms with E-state index in [1.807, 2.05) is 149 Å². The molecule has 8 aromatic rings. The molecule has 8 rings (SSSR count). The van der Waals surface area contributed by atoms with Crippen molar-refractivity contribution in [3.63, 3.8) is 0 Å². The summed E-state index contributed by atoms with van der Waals surface area (Å²) in [7, 11) is 0. The smallest absolute Gasteiger partial charge is 0.252 e. The van der Waals surface area contributed by atoms with Gasteiger partial charge < -0.3 is 30.6 Å². The first kappa shape index (κ1) is 47.8. The van der Waals surface area contributed by atoms with Crippen molar-refractivity contribution in [1.29, 1.82) is 0 Å². The third-order valence-corrected chi connectivity index (χ3v) is 12.8. The van der Waals surface area contributed by atoms with E-state index < -0.39 is 46.6 Å². The minimum absolute atomic E-state index is 0.0754. The van der Waals surface area contributed by atoms with Gasteiger partial charge in [-0.15, -0.1) is 0 Å². The van der Waals surface area contributed by atoms with Crippen molar-refractivity contribution in [3.05, 3.63) is 189 Å². The topological polar surface area (TPSA) is 204 Å². The monoisotopic (exact) mass is 934 g/mol. The zero-order valence-electron chi connectivity index (χ0n) is 39.6. The first-order valence-electron chi connectivity index (χ1n) is 23.0. The predicted octanol–water partition coefficient (Wildman–Crippen LogP) is 11.3. The SMILES string of the molecule is Cc1cc2c(C(C)C)c(O)c(O)c(C=NNC(=O)C(c3ccccc3)c3ccccc3)c2c(O)c1-c1c(C)cc2c(C(C)C)c(O)c(O)c(C=NNC(=O)C(c3ccccc3)c3ccccc3)c2c1O. The molecule has 0 aliphatic carbocycles. The molecule has 0 atom stereocenters. The van der Waals surface area contributed by atoms with E-state index in [2.05, 4.69) is 21.1 Å². The van der Waals surface area contributed by atoms with Gasteiger partial charge in [-0.2, -0.15) is 10.2 Å². The Morgan fingerprint density at radius 1 is 0.443 bits per heavy atom. The largest absolute Gasteiger partial charge is 0.507 e. The highest BCUT2D eigenvalue weighted by atomic mass is 16.3. The lowest BCUT2D eigenvalue weighted by atomic mass is 9.83. The number of benzene rings is 8. The normalized spacial score (nSPS) is 11.9. The van der Waals surface area contributed by atoms with Gasteiger partial charge in [0.05, 0.1) is 35.4 Å². The van der Waals surface area contributed by atoms with Crippen molar-refractivity contribution in [3.8, 4) is 45.6 Å². The standard InChI is InChI=1S/C58H54N4O8/c1-31(2)43-39-27-33(5)45(53(65)49(39)41(51(63)55(43)67)29-59-61-57(69)47(35-19-11-7-12-20-35)36-21-13-8-14-22-36)46-34(6)28-40-44(32(3)4)56(68)52(64)42(50(40)54(46)66)30-60-62-58(70)48(37-23-15-9-16-24-37)38-25-17-10-18-26-38/h7-32,47-48,63-68H,1-6H3,(H,61,69)(H,62,70). The highest BCUT2D eigenvalue weighted by Gasteiger charge is 2.31. The molecule has 0 radical (unpaired) electrons. The molecule has 0 saturated carbocycles. The van der Waals surface area contributed by atoms with E-state index >= 15 is 0 Å². The van der Waals surface area contributed by atoms with Gasteiger partial charge in [-0.25, -0.2) is 10.9 Å². The van der Waals surface area contributed by atoms with Crippen LogP contribution in [0.5, 0.6) is 34.5 Å². The number of fused-ring (bicyclic) bond motifs is 2. The van der Waals surface area contributed by atoms with Crippen LogP contribution in [0.25, 0.3) is 32.7 Å². The van der Waals surface area contributed by atoms with Gasteiger partial charge in [0.25, 0.3) is 11.8 Å². The van der Waals surface area contributed by atoms with E-state index in [0.29, 0.717) is 33.0 Å². The van der Waals surface area contributed by atoms with Gasteiger partial charge in [0.2, 0.25) is 0 Å². The van der Waals surface area contributed by atoms with Crippen LogP contribution < -0.4 is 10.9 Å². The van der Waals surface area contributed by atoms with E-state index in [-0.39, 0.29) is 56.4 Å². The van der Waals surface area contributed by atoms with Crippen LogP contribution in [0.1, 0.15) is 107 Å². The number of phenols is 6. The summed E-state index contributed by atoms with van der Waals surface area (Å²) in [4.78, 5) is 27.9. The fourth-order valence-corrected chi connectivity index (χ4v) is 9.65. The second-order valence-electron chi connectivity index (χ2n) is 18.0. The summed E-state index contributed by atoms with van der Waals surface area (Å²) < 4.78 is 0. The van der Waals surface area contributed by atoms with E-state index in [4.69, 9.17) is 0 Å². The van der Waals surface area contributed by atoms with Crippen molar-refractivity contribution < 1.29 is 40.2 Å². The number of amides is 2. The molecule has 0 heterocycles. The molecule has 354 valence electrons. The summed E-state index contributed by atoms with van der Waals surface area (Å²) in [5, 5.41) is 81.2. The van der Waals surface area contributed by atoms with Crippen molar-refractivity contribution in [2.75, 3.05) is 0 Å². The summed E-state index contributed by atoms with van der Waals surface area (Å²) >= 11 is 0. The lowest BCUT2D eigenvalue weighted by Crippen LogP contribution is -2.26. The van der Waals surface area contributed by atoms with Crippen LogP contribution in [0.3, 0.4) is 0 Å². The first-order chi connectivity index (χ1) is 33.6. The Labute approximate surface area is 405 Å². The van der Waals surface area contributed by atoms with E-state index in [0.717, 1.165) is 34.7 Å². The zero-order chi connectivity index (χ0) is 50.0. The van der Waals surface area contributed by atoms with E-state index in [9.17, 15) is 40.2 Å². The van der Waals surface area contributed by atoms with Crippen molar-refractivity contribution in [1.82, 2.24) is 10.9 Å². The van der Waals surface area contributed by atoms with Crippen molar-refractivity contribution in [2.45, 2.75) is 65.2 Å². The molecule has 0 fully saturated rings. The number of nitrogens with one attached hydrogen (secondary N) is 2. The predicted molar refractivity (Wildman–Crippen MR) is 275 cm³/mol. The molecule has 2 amide bonds. The molecule has 8 N–H and O–H groups in total. The number of hydrogen-bond acceptors (Lipinski definition) is 10. The van der Waals surface area contributed by atoms with Crippen LogP contribution in [0.4, 0.5) is 0 Å². The summed E-state index contributed by atoms with van der Waals surface area (Å²) in [5.41, 5.74) is 9.81. The second kappa shape index (κ2) is 19.9. The average Bonchev–Trinajstić information content (AvgIpc) is 3.34. The summed E-state index contributed by atoms with van der Waals surface area (Å²) in [6.07, 6.45) is 2.33. The van der Waals surface area contributed by atoms with Crippen LogP contribution in [0.2, 0.25) is 0 Å². The maximum absolute atomic E-state index is 13.9. The summed E-state index contributed by atoms with van der Waals surface area (Å²) in [5.74, 6) is -5.93. The van der Waals surface area contributed by atoms with Crippen LogP contribution in [0.15, 0.2) is 144 Å². The van der Waals surface area contributed by atoms with Crippen LogP contribution in [-0.4, -0.2) is 54.9 Å². The molecule has 70 heavy (non-hydrogen) atoms. The molecular formula is C58H54N4O8. The Balaban J connectivity index is 1.28. The van der Waals surface area contributed by atoms with E-state index in [1.165, 1.54) is 0 Å². The molecule has 8 aromatic carbocycles. The van der Waals surface area contributed by atoms with Gasteiger partial charge in [0, 0.05) is 33.0 Å². The van der Waals surface area contributed by atoms with Gasteiger partial charge in [0.15, 0.2) is 23.0 Å². The minimum Gasteiger partial charge on any atom is -0.507 e. The molecular weight excluding hydrogens is 881 g/mol. The number of nitrogens with zero attached hydrogens (tertiary/aromatic N) is 2. The first-order valence-corrected chi connectivity index (χ1v) is 23.0. The lowest BCUT2D eigenvalue weighted by molar-refractivity contribution is -0.122. The summed E-state index contributed by atoms with van der Waals surface area (Å²) in [6.45, 7) is 10.8. The van der Waals surface area contributed by atoms with Crippen LogP contribution in [0, 0.1) is 13.8 Å². The van der Waals surface area contributed by atoms with Crippen LogP contribution in [-0.2, 0) is 9.59 Å². The quantitative estimate of drug-likeness (QED) is 0.0317. The van der Waals surface area contributed by atoms with E-state index in [1.54, 1.807) is 26.0 Å². The van der Waals surface area contributed by atoms with Gasteiger partial charge in [-0.05, 0) is 69.8 Å². The highest BCUT2D eigenvalue weighted by molar-refractivity contribution is 6.15. The Bertz CT molecular complexity index is 3040. The fourth-order valence-electron chi connectivity index (χ4n) is 9.65. The second-order valence-corrected chi connectivity index (χ2v) is 18.0. The number of carbonyl (C=O) groups is 2. The Kier molecular flexibility index (Phi) is 13.6. The van der Waals surface area contributed by atoms with Gasteiger partial charge >= 0.3 is 0 Å². The molecule has 0 aromatic heterocycles. The third kappa shape index (κ3) is 8.82. The Morgan fingerprint density at radius 3 is 1.00 bits per heavy atom. The van der Waals surface area contributed by atoms with Crippen molar-refractivity contribution in [2.24, 2.45) is 10.2 Å². The Hall–Kier alpha value is -8.64. The maximum atomic E-state index is 13.9.